The number of fused-ring (bicyclic) bond motifs is 6. The SMILES string of the molecule is CC1(C)c2cc(N(c3ccccc3)c3cccc4ccccc34)ccc2-c2c1cc(N(c1ccccc1)c1ccc([Si](C)(C)C)cc1)c1ccccc21. The molecule has 0 spiro atoms. The average molecular weight is 701 g/mol. The zero-order chi connectivity index (χ0) is 36.3. The second-order valence-electron chi connectivity index (χ2n) is 15.9. The Morgan fingerprint density at radius 2 is 0.943 bits per heavy atom. The molecule has 0 heterocycles. The summed E-state index contributed by atoms with van der Waals surface area (Å²) >= 11 is 0. The topological polar surface area (TPSA) is 6.48 Å². The Bertz CT molecular complexity index is 2610. The molecule has 53 heavy (non-hydrogen) atoms. The highest BCUT2D eigenvalue weighted by molar-refractivity contribution is 6.88. The number of hydrogen-bond acceptors (Lipinski definition) is 2. The minimum atomic E-state index is -1.45. The fourth-order valence-corrected chi connectivity index (χ4v) is 9.56. The largest absolute Gasteiger partial charge is 0.310 e. The highest BCUT2D eigenvalue weighted by Gasteiger charge is 2.38. The maximum Gasteiger partial charge on any atom is 0.0775 e. The van der Waals surface area contributed by atoms with Gasteiger partial charge in [0, 0.05) is 38.9 Å². The van der Waals surface area contributed by atoms with Crippen LogP contribution in [0.25, 0.3) is 32.7 Å². The molecule has 8 aromatic carbocycles. The van der Waals surface area contributed by atoms with Crippen molar-refractivity contribution in [3.63, 3.8) is 0 Å². The Morgan fingerprint density at radius 1 is 0.415 bits per heavy atom. The second-order valence-corrected chi connectivity index (χ2v) is 20.9. The number of anilines is 6. The lowest BCUT2D eigenvalue weighted by atomic mass is 9.81. The third-order valence-electron chi connectivity index (χ3n) is 11.2. The molecule has 0 radical (unpaired) electrons. The van der Waals surface area contributed by atoms with E-state index in [0.29, 0.717) is 0 Å². The van der Waals surface area contributed by atoms with Gasteiger partial charge in [-0.05, 0) is 93.7 Å². The highest BCUT2D eigenvalue weighted by Crippen LogP contribution is 2.55. The van der Waals surface area contributed by atoms with Gasteiger partial charge in [0.2, 0.25) is 0 Å². The first-order valence-electron chi connectivity index (χ1n) is 18.7. The van der Waals surface area contributed by atoms with Crippen LogP contribution in [0.2, 0.25) is 19.6 Å². The van der Waals surface area contributed by atoms with Crippen molar-refractivity contribution in [1.82, 2.24) is 0 Å². The molecule has 258 valence electrons. The van der Waals surface area contributed by atoms with Crippen LogP contribution >= 0.6 is 0 Å². The summed E-state index contributed by atoms with van der Waals surface area (Å²) in [6.45, 7) is 12.0. The van der Waals surface area contributed by atoms with Gasteiger partial charge in [-0.25, -0.2) is 0 Å². The van der Waals surface area contributed by atoms with Crippen molar-refractivity contribution in [3.8, 4) is 11.1 Å². The van der Waals surface area contributed by atoms with Crippen LogP contribution in [0, 0.1) is 0 Å². The Balaban J connectivity index is 1.25. The quantitative estimate of drug-likeness (QED) is 0.153. The van der Waals surface area contributed by atoms with Gasteiger partial charge < -0.3 is 9.80 Å². The van der Waals surface area contributed by atoms with E-state index in [1.807, 2.05) is 0 Å². The molecule has 3 heteroatoms. The molecule has 0 fully saturated rings. The summed E-state index contributed by atoms with van der Waals surface area (Å²) in [4.78, 5) is 4.88. The average Bonchev–Trinajstić information content (AvgIpc) is 3.41. The summed E-state index contributed by atoms with van der Waals surface area (Å²) in [6.07, 6.45) is 0. The first-order chi connectivity index (χ1) is 25.7. The highest BCUT2D eigenvalue weighted by atomic mass is 28.3. The van der Waals surface area contributed by atoms with E-state index in [1.54, 1.807) is 0 Å². The van der Waals surface area contributed by atoms with Gasteiger partial charge in [-0.15, -0.1) is 0 Å². The Kier molecular flexibility index (Phi) is 7.87. The number of hydrogen-bond donors (Lipinski definition) is 0. The lowest BCUT2D eigenvalue weighted by molar-refractivity contribution is 0.661. The smallest absolute Gasteiger partial charge is 0.0775 e. The van der Waals surface area contributed by atoms with Gasteiger partial charge >= 0.3 is 0 Å². The summed E-state index contributed by atoms with van der Waals surface area (Å²) in [5, 5.41) is 6.47. The number of rotatable bonds is 7. The molecule has 1 aliphatic rings. The molecular weight excluding hydrogens is 657 g/mol. The molecule has 0 saturated carbocycles. The Hall–Kier alpha value is -5.90. The lowest BCUT2D eigenvalue weighted by Gasteiger charge is -2.30. The molecule has 0 aliphatic heterocycles. The number of para-hydroxylation sites is 2. The van der Waals surface area contributed by atoms with Crippen LogP contribution in [-0.4, -0.2) is 8.07 Å². The van der Waals surface area contributed by atoms with Gasteiger partial charge in [0.25, 0.3) is 0 Å². The summed E-state index contributed by atoms with van der Waals surface area (Å²) in [7, 11) is -1.45. The summed E-state index contributed by atoms with van der Waals surface area (Å²) in [5.74, 6) is 0. The minimum absolute atomic E-state index is 0.245. The zero-order valence-corrected chi connectivity index (χ0v) is 32.1. The van der Waals surface area contributed by atoms with Gasteiger partial charge in [0.1, 0.15) is 0 Å². The van der Waals surface area contributed by atoms with Crippen molar-refractivity contribution >= 4 is 68.9 Å². The molecule has 0 unspecified atom stereocenters. The maximum atomic E-state index is 2.48. The third-order valence-corrected chi connectivity index (χ3v) is 13.2. The molecule has 0 atom stereocenters. The van der Waals surface area contributed by atoms with Gasteiger partial charge in [-0.1, -0.05) is 154 Å². The van der Waals surface area contributed by atoms with E-state index in [2.05, 4.69) is 219 Å². The predicted octanol–water partition coefficient (Wildman–Crippen LogP) is 13.8. The molecule has 0 saturated heterocycles. The Morgan fingerprint density at radius 3 is 1.60 bits per heavy atom. The van der Waals surface area contributed by atoms with Crippen LogP contribution in [0.15, 0.2) is 176 Å². The molecule has 9 rings (SSSR count). The van der Waals surface area contributed by atoms with Gasteiger partial charge in [0.05, 0.1) is 19.4 Å². The fraction of sp³-hybridized carbons (Fsp3) is 0.120. The summed E-state index contributed by atoms with van der Waals surface area (Å²) < 4.78 is 0. The Labute approximate surface area is 314 Å². The van der Waals surface area contributed by atoms with Crippen LogP contribution in [0.4, 0.5) is 34.1 Å². The van der Waals surface area contributed by atoms with Crippen molar-refractivity contribution in [2.45, 2.75) is 38.9 Å². The minimum Gasteiger partial charge on any atom is -0.310 e. The molecule has 0 N–H and O–H groups in total. The van der Waals surface area contributed by atoms with Crippen molar-refractivity contribution in [1.29, 1.82) is 0 Å². The fourth-order valence-electron chi connectivity index (χ4n) is 8.40. The summed E-state index contributed by atoms with van der Waals surface area (Å²) in [6, 6.07) is 64.9. The maximum absolute atomic E-state index is 2.48. The zero-order valence-electron chi connectivity index (χ0n) is 31.1. The van der Waals surface area contributed by atoms with Crippen LogP contribution in [0.1, 0.15) is 25.0 Å². The molecule has 0 bridgehead atoms. The molecule has 0 amide bonds. The first-order valence-corrected chi connectivity index (χ1v) is 22.2. The van der Waals surface area contributed by atoms with Crippen molar-refractivity contribution in [3.05, 3.63) is 187 Å². The van der Waals surface area contributed by atoms with Crippen LogP contribution in [-0.2, 0) is 5.41 Å². The van der Waals surface area contributed by atoms with E-state index >= 15 is 0 Å². The molecule has 0 aromatic heterocycles. The summed E-state index contributed by atoms with van der Waals surface area (Å²) in [5.41, 5.74) is 12.1. The van der Waals surface area contributed by atoms with E-state index in [1.165, 1.54) is 66.0 Å². The number of benzene rings is 8. The van der Waals surface area contributed by atoms with Crippen LogP contribution in [0.3, 0.4) is 0 Å². The van der Waals surface area contributed by atoms with Crippen molar-refractivity contribution < 1.29 is 0 Å². The van der Waals surface area contributed by atoms with E-state index in [9.17, 15) is 0 Å². The van der Waals surface area contributed by atoms with Crippen molar-refractivity contribution in [2.75, 3.05) is 9.80 Å². The van der Waals surface area contributed by atoms with Crippen LogP contribution < -0.4 is 15.0 Å². The number of nitrogens with zero attached hydrogens (tertiary/aromatic N) is 2. The van der Waals surface area contributed by atoms with E-state index in [4.69, 9.17) is 0 Å². The lowest BCUT2D eigenvalue weighted by Crippen LogP contribution is -2.37. The van der Waals surface area contributed by atoms with Gasteiger partial charge in [-0.3, -0.25) is 0 Å². The monoisotopic (exact) mass is 700 g/mol. The van der Waals surface area contributed by atoms with E-state index < -0.39 is 8.07 Å². The molecule has 1 aliphatic carbocycles. The van der Waals surface area contributed by atoms with Gasteiger partial charge in [0.15, 0.2) is 0 Å². The molecular formula is C50H44N2Si. The van der Waals surface area contributed by atoms with Gasteiger partial charge in [-0.2, -0.15) is 0 Å². The first kappa shape index (κ1) is 33.0. The normalized spacial score (nSPS) is 13.2. The third kappa shape index (κ3) is 5.55. The van der Waals surface area contributed by atoms with Crippen LogP contribution in [0.5, 0.6) is 0 Å². The predicted molar refractivity (Wildman–Crippen MR) is 231 cm³/mol. The van der Waals surface area contributed by atoms with E-state index in [0.717, 1.165) is 17.1 Å². The second kappa shape index (κ2) is 12.6. The van der Waals surface area contributed by atoms with E-state index in [-0.39, 0.29) is 5.41 Å². The van der Waals surface area contributed by atoms with Crippen molar-refractivity contribution in [2.24, 2.45) is 0 Å². The standard InChI is InChI=1S/C50H44N2Si/c1-50(2)45-33-39(52(37-21-10-7-11-22-37)47-26-16-18-35-17-12-13-23-41(35)47)29-32-44(45)49-43-25-15-14-24-42(43)48(34-46(49)50)51(36-19-8-6-9-20-36)38-27-30-40(31-28-38)53(3,4)5/h6-34H,1-5H3. The molecule has 8 aromatic rings. The molecule has 2 nitrogen and oxygen atoms in total.